The van der Waals surface area contributed by atoms with Gasteiger partial charge in [-0.05, 0) is 31.4 Å². The molecule has 0 aliphatic carbocycles. The maximum absolute atomic E-state index is 9.04. The standard InChI is InChI=1S/C12H18N2O/c1-8-3-4-11(9(2)5-8)12-6-10(7-15)13-14-12/h3-5,10,12-15H,6-7H2,1-2H3. The summed E-state index contributed by atoms with van der Waals surface area (Å²) in [6.07, 6.45) is 0.945. The zero-order valence-electron chi connectivity index (χ0n) is 9.25. The zero-order chi connectivity index (χ0) is 10.8. The quantitative estimate of drug-likeness (QED) is 0.681. The van der Waals surface area contributed by atoms with Gasteiger partial charge in [-0.3, -0.25) is 5.43 Å². The fraction of sp³-hybridized carbons (Fsp3) is 0.500. The maximum atomic E-state index is 9.04. The van der Waals surface area contributed by atoms with E-state index in [1.54, 1.807) is 0 Å². The molecule has 0 spiro atoms. The fourth-order valence-corrected chi connectivity index (χ4v) is 2.16. The van der Waals surface area contributed by atoms with Gasteiger partial charge in [-0.1, -0.05) is 23.8 Å². The van der Waals surface area contributed by atoms with Gasteiger partial charge in [0, 0.05) is 12.1 Å². The summed E-state index contributed by atoms with van der Waals surface area (Å²) in [4.78, 5) is 0. The van der Waals surface area contributed by atoms with Crippen molar-refractivity contribution in [3.8, 4) is 0 Å². The highest BCUT2D eigenvalue weighted by Crippen LogP contribution is 2.25. The lowest BCUT2D eigenvalue weighted by molar-refractivity contribution is 0.251. The van der Waals surface area contributed by atoms with Crippen LogP contribution >= 0.6 is 0 Å². The Labute approximate surface area is 90.5 Å². The number of hydrazine groups is 1. The predicted octanol–water partition coefficient (Wildman–Crippen LogP) is 1.20. The molecule has 0 aromatic heterocycles. The van der Waals surface area contributed by atoms with Crippen LogP contribution in [0.15, 0.2) is 18.2 Å². The molecule has 0 bridgehead atoms. The van der Waals surface area contributed by atoms with Gasteiger partial charge in [0.25, 0.3) is 0 Å². The topological polar surface area (TPSA) is 44.3 Å². The largest absolute Gasteiger partial charge is 0.395 e. The third-order valence-corrected chi connectivity index (χ3v) is 3.00. The number of benzene rings is 1. The van der Waals surface area contributed by atoms with Crippen molar-refractivity contribution in [3.05, 3.63) is 34.9 Å². The third kappa shape index (κ3) is 2.20. The lowest BCUT2D eigenvalue weighted by Gasteiger charge is -2.13. The van der Waals surface area contributed by atoms with Crippen LogP contribution in [0, 0.1) is 13.8 Å². The monoisotopic (exact) mass is 206 g/mol. The summed E-state index contributed by atoms with van der Waals surface area (Å²) in [7, 11) is 0. The summed E-state index contributed by atoms with van der Waals surface area (Å²) >= 11 is 0. The van der Waals surface area contributed by atoms with Gasteiger partial charge >= 0.3 is 0 Å². The summed E-state index contributed by atoms with van der Waals surface area (Å²) in [5.41, 5.74) is 10.2. The first-order valence-corrected chi connectivity index (χ1v) is 5.40. The number of rotatable bonds is 2. The highest BCUT2D eigenvalue weighted by molar-refractivity contribution is 5.33. The average molecular weight is 206 g/mol. The Kier molecular flexibility index (Phi) is 3.05. The Balaban J connectivity index is 2.17. The Bertz CT molecular complexity index is 351. The number of hydrogen-bond acceptors (Lipinski definition) is 3. The molecule has 15 heavy (non-hydrogen) atoms. The molecule has 1 aliphatic heterocycles. The first-order chi connectivity index (χ1) is 7.20. The van der Waals surface area contributed by atoms with E-state index in [4.69, 9.17) is 5.11 Å². The smallest absolute Gasteiger partial charge is 0.0598 e. The number of nitrogens with one attached hydrogen (secondary N) is 2. The summed E-state index contributed by atoms with van der Waals surface area (Å²) in [5.74, 6) is 0. The molecule has 0 saturated carbocycles. The molecule has 1 aromatic carbocycles. The molecular weight excluding hydrogens is 188 g/mol. The lowest BCUT2D eigenvalue weighted by atomic mass is 9.96. The van der Waals surface area contributed by atoms with Crippen LogP contribution < -0.4 is 10.9 Å². The molecule has 0 radical (unpaired) electrons. The first-order valence-electron chi connectivity index (χ1n) is 5.40. The van der Waals surface area contributed by atoms with Gasteiger partial charge in [-0.25, -0.2) is 5.43 Å². The minimum atomic E-state index is 0.177. The van der Waals surface area contributed by atoms with Crippen LogP contribution in [-0.2, 0) is 0 Å². The highest BCUT2D eigenvalue weighted by Gasteiger charge is 2.24. The SMILES string of the molecule is Cc1ccc(C2CC(CO)NN2)c(C)c1. The van der Waals surface area contributed by atoms with Crippen molar-refractivity contribution in [1.29, 1.82) is 0 Å². The van der Waals surface area contributed by atoms with E-state index in [9.17, 15) is 0 Å². The Morgan fingerprint density at radius 2 is 2.13 bits per heavy atom. The van der Waals surface area contributed by atoms with Crippen molar-refractivity contribution in [1.82, 2.24) is 10.9 Å². The van der Waals surface area contributed by atoms with E-state index in [1.165, 1.54) is 16.7 Å². The second-order valence-corrected chi connectivity index (χ2v) is 4.32. The van der Waals surface area contributed by atoms with E-state index in [0.29, 0.717) is 6.04 Å². The molecule has 1 fully saturated rings. The minimum Gasteiger partial charge on any atom is -0.395 e. The number of hydrogen-bond donors (Lipinski definition) is 3. The molecule has 3 nitrogen and oxygen atoms in total. The van der Waals surface area contributed by atoms with E-state index in [-0.39, 0.29) is 12.6 Å². The third-order valence-electron chi connectivity index (χ3n) is 3.00. The first kappa shape index (κ1) is 10.6. The summed E-state index contributed by atoms with van der Waals surface area (Å²) in [6.45, 7) is 4.43. The molecular formula is C12H18N2O. The number of aliphatic hydroxyl groups is 1. The number of aliphatic hydroxyl groups excluding tert-OH is 1. The summed E-state index contributed by atoms with van der Waals surface area (Å²) in [5, 5.41) is 9.04. The van der Waals surface area contributed by atoms with Crippen molar-refractivity contribution >= 4 is 0 Å². The van der Waals surface area contributed by atoms with E-state index in [0.717, 1.165) is 6.42 Å². The molecule has 1 saturated heterocycles. The molecule has 1 aromatic rings. The molecule has 2 atom stereocenters. The summed E-state index contributed by atoms with van der Waals surface area (Å²) in [6, 6.07) is 7.00. The lowest BCUT2D eigenvalue weighted by Crippen LogP contribution is -2.32. The molecule has 82 valence electrons. The predicted molar refractivity (Wildman–Crippen MR) is 60.4 cm³/mol. The van der Waals surface area contributed by atoms with Crippen LogP contribution in [0.2, 0.25) is 0 Å². The van der Waals surface area contributed by atoms with Crippen molar-refractivity contribution in [2.24, 2.45) is 0 Å². The maximum Gasteiger partial charge on any atom is 0.0598 e. The van der Waals surface area contributed by atoms with Gasteiger partial charge in [0.2, 0.25) is 0 Å². The number of aryl methyl sites for hydroxylation is 2. The molecule has 1 heterocycles. The van der Waals surface area contributed by atoms with E-state index in [1.807, 2.05) is 0 Å². The second kappa shape index (κ2) is 4.31. The van der Waals surface area contributed by atoms with Gasteiger partial charge in [0.1, 0.15) is 0 Å². The molecule has 3 N–H and O–H groups in total. The second-order valence-electron chi connectivity index (χ2n) is 4.32. The van der Waals surface area contributed by atoms with E-state index in [2.05, 4.69) is 42.9 Å². The Hall–Kier alpha value is -0.900. The molecule has 0 amide bonds. The average Bonchev–Trinajstić information content (AvgIpc) is 2.66. The normalized spacial score (nSPS) is 25.8. The Morgan fingerprint density at radius 3 is 2.73 bits per heavy atom. The van der Waals surface area contributed by atoms with Crippen LogP contribution in [0.3, 0.4) is 0 Å². The molecule has 2 unspecified atom stereocenters. The van der Waals surface area contributed by atoms with Crippen LogP contribution in [0.1, 0.15) is 29.2 Å². The van der Waals surface area contributed by atoms with Crippen molar-refractivity contribution in [2.45, 2.75) is 32.4 Å². The molecule has 1 aliphatic rings. The zero-order valence-corrected chi connectivity index (χ0v) is 9.25. The summed E-state index contributed by atoms with van der Waals surface area (Å²) < 4.78 is 0. The van der Waals surface area contributed by atoms with Crippen molar-refractivity contribution < 1.29 is 5.11 Å². The van der Waals surface area contributed by atoms with Crippen LogP contribution in [-0.4, -0.2) is 17.8 Å². The van der Waals surface area contributed by atoms with Crippen molar-refractivity contribution in [3.63, 3.8) is 0 Å². The minimum absolute atomic E-state index is 0.177. The van der Waals surface area contributed by atoms with Crippen LogP contribution in [0.4, 0.5) is 0 Å². The van der Waals surface area contributed by atoms with Gasteiger partial charge in [-0.15, -0.1) is 0 Å². The van der Waals surface area contributed by atoms with Crippen LogP contribution in [0.25, 0.3) is 0 Å². The molecule has 3 heteroatoms. The van der Waals surface area contributed by atoms with Crippen molar-refractivity contribution in [2.75, 3.05) is 6.61 Å². The van der Waals surface area contributed by atoms with Gasteiger partial charge in [0.05, 0.1) is 6.61 Å². The van der Waals surface area contributed by atoms with E-state index < -0.39 is 0 Å². The van der Waals surface area contributed by atoms with Crippen LogP contribution in [0.5, 0.6) is 0 Å². The van der Waals surface area contributed by atoms with Gasteiger partial charge in [0.15, 0.2) is 0 Å². The Morgan fingerprint density at radius 1 is 1.33 bits per heavy atom. The van der Waals surface area contributed by atoms with E-state index >= 15 is 0 Å². The van der Waals surface area contributed by atoms with Gasteiger partial charge in [-0.2, -0.15) is 0 Å². The highest BCUT2D eigenvalue weighted by atomic mass is 16.3. The fourth-order valence-electron chi connectivity index (χ4n) is 2.16. The van der Waals surface area contributed by atoms with Gasteiger partial charge < -0.3 is 5.11 Å². The molecule has 2 rings (SSSR count).